The molecule has 1 aliphatic rings. The lowest BCUT2D eigenvalue weighted by Crippen LogP contribution is -2.53. The topological polar surface area (TPSA) is 84.2 Å². The molecule has 78 valence electrons. The van der Waals surface area contributed by atoms with Crippen molar-refractivity contribution in [1.29, 1.82) is 0 Å². The summed E-state index contributed by atoms with van der Waals surface area (Å²) in [4.78, 5) is 1.32. The van der Waals surface area contributed by atoms with E-state index in [1.165, 1.54) is 4.90 Å². The first-order valence-electron chi connectivity index (χ1n) is 4.13. The van der Waals surface area contributed by atoms with E-state index in [2.05, 4.69) is 0 Å². The highest BCUT2D eigenvalue weighted by Crippen LogP contribution is 2.31. The molecule has 1 saturated heterocycles. The van der Waals surface area contributed by atoms with Crippen LogP contribution >= 0.6 is 0 Å². The van der Waals surface area contributed by atoms with E-state index in [9.17, 15) is 10.3 Å². The maximum absolute atomic E-state index is 9.69. The molecule has 13 heavy (non-hydrogen) atoms. The van der Waals surface area contributed by atoms with Gasteiger partial charge in [0.15, 0.2) is 0 Å². The van der Waals surface area contributed by atoms with Crippen molar-refractivity contribution < 1.29 is 25.2 Å². The molecule has 0 amide bonds. The molecular formula is C7H17N2O4+. The van der Waals surface area contributed by atoms with Gasteiger partial charge in [0.05, 0.1) is 5.54 Å². The minimum atomic E-state index is -1.27. The quantitative estimate of drug-likeness (QED) is 0.400. The second kappa shape index (κ2) is 3.16. The predicted molar refractivity (Wildman–Crippen MR) is 43.0 cm³/mol. The molecule has 0 aliphatic carbocycles. The van der Waals surface area contributed by atoms with Gasteiger partial charge < -0.3 is 15.3 Å². The van der Waals surface area contributed by atoms with E-state index in [-0.39, 0.29) is 13.3 Å². The molecule has 6 nitrogen and oxygen atoms in total. The first-order valence-corrected chi connectivity index (χ1v) is 4.13. The van der Waals surface area contributed by atoms with Crippen LogP contribution in [0.2, 0.25) is 0 Å². The third-order valence-electron chi connectivity index (χ3n) is 2.54. The Kier molecular flexibility index (Phi) is 2.63. The van der Waals surface area contributed by atoms with Crippen LogP contribution in [0.25, 0.3) is 0 Å². The van der Waals surface area contributed by atoms with Crippen LogP contribution in [0.3, 0.4) is 0 Å². The van der Waals surface area contributed by atoms with Gasteiger partial charge in [-0.1, -0.05) is 0 Å². The van der Waals surface area contributed by atoms with Gasteiger partial charge in [-0.15, -0.1) is 4.65 Å². The highest BCUT2D eigenvalue weighted by atomic mass is 16.6. The minimum Gasteiger partial charge on any atom is -0.381 e. The molecule has 0 aromatic rings. The molecule has 2 atom stereocenters. The number of quaternary nitrogens is 1. The van der Waals surface area contributed by atoms with Crippen molar-refractivity contribution in [3.05, 3.63) is 0 Å². The van der Waals surface area contributed by atoms with E-state index in [4.69, 9.17) is 10.2 Å². The highest BCUT2D eigenvalue weighted by molar-refractivity contribution is 4.83. The van der Waals surface area contributed by atoms with Gasteiger partial charge in [0, 0.05) is 0 Å². The maximum Gasteiger partial charge on any atom is 0.288 e. The summed E-state index contributed by atoms with van der Waals surface area (Å²) in [7, 11) is 0. The van der Waals surface area contributed by atoms with Crippen molar-refractivity contribution in [2.75, 3.05) is 20.0 Å². The van der Waals surface area contributed by atoms with Crippen LogP contribution in [-0.4, -0.2) is 62.0 Å². The summed E-state index contributed by atoms with van der Waals surface area (Å²) in [6, 6.07) is 0. The Morgan fingerprint density at radius 1 is 1.46 bits per heavy atom. The van der Waals surface area contributed by atoms with E-state index in [0.29, 0.717) is 0 Å². The maximum atomic E-state index is 9.69. The molecule has 1 rings (SSSR count). The third-order valence-corrected chi connectivity index (χ3v) is 2.54. The van der Waals surface area contributed by atoms with Gasteiger partial charge in [-0.2, -0.15) is 4.90 Å². The van der Waals surface area contributed by atoms with E-state index >= 15 is 0 Å². The number of nitrogens with zero attached hydrogens (tertiary/aromatic N) is 2. The Labute approximate surface area is 76.8 Å². The van der Waals surface area contributed by atoms with Crippen molar-refractivity contribution in [1.82, 2.24) is 4.90 Å². The number of rotatable bonds is 2. The fourth-order valence-corrected chi connectivity index (χ4v) is 1.80. The average molecular weight is 193 g/mol. The summed E-state index contributed by atoms with van der Waals surface area (Å²) in [5, 5.41) is 37.1. The number of aliphatic hydroxyl groups is 3. The Morgan fingerprint density at radius 3 is 2.23 bits per heavy atom. The second-order valence-electron chi connectivity index (χ2n) is 4.06. The van der Waals surface area contributed by atoms with Gasteiger partial charge in [-0.3, -0.25) is 0 Å². The van der Waals surface area contributed by atoms with Gasteiger partial charge in [-0.25, -0.2) is 5.21 Å². The Morgan fingerprint density at radius 2 is 2.00 bits per heavy atom. The van der Waals surface area contributed by atoms with Crippen molar-refractivity contribution in [2.24, 2.45) is 0 Å². The number of hydrogen-bond acceptors (Lipinski definition) is 5. The van der Waals surface area contributed by atoms with Gasteiger partial charge >= 0.3 is 0 Å². The smallest absolute Gasteiger partial charge is 0.288 e. The molecule has 2 unspecified atom stereocenters. The van der Waals surface area contributed by atoms with Gasteiger partial charge in [-0.05, 0) is 13.8 Å². The lowest BCUT2D eigenvalue weighted by Gasteiger charge is -2.27. The number of aliphatic hydroxyl groups excluding tert-OH is 3. The highest BCUT2D eigenvalue weighted by Gasteiger charge is 2.56. The fourth-order valence-electron chi connectivity index (χ4n) is 1.80. The molecule has 0 aromatic carbocycles. The Bertz CT molecular complexity index is 199. The van der Waals surface area contributed by atoms with Gasteiger partial charge in [0.1, 0.15) is 13.3 Å². The van der Waals surface area contributed by atoms with Crippen LogP contribution in [0.1, 0.15) is 13.8 Å². The molecule has 0 radical (unpaired) electrons. The standard InChI is InChI=1S/C7H17N2O4/c1-7(2)3-9(13,5-11)6(12)8(7)4-10/h6,10-13H,3-5H2,1-2H3/q+1. The zero-order valence-corrected chi connectivity index (χ0v) is 7.88. The lowest BCUT2D eigenvalue weighted by molar-refractivity contribution is -1.14. The first kappa shape index (κ1) is 10.8. The van der Waals surface area contributed by atoms with Crippen molar-refractivity contribution in [2.45, 2.75) is 25.7 Å². The van der Waals surface area contributed by atoms with Crippen LogP contribution in [0.15, 0.2) is 0 Å². The molecule has 0 saturated carbocycles. The largest absolute Gasteiger partial charge is 0.381 e. The van der Waals surface area contributed by atoms with E-state index in [0.717, 1.165) is 0 Å². The molecule has 0 aromatic heterocycles. The fraction of sp³-hybridized carbons (Fsp3) is 1.00. The summed E-state index contributed by atoms with van der Waals surface area (Å²) in [5.74, 6) is 0. The lowest BCUT2D eigenvalue weighted by atomic mass is 10.1. The SMILES string of the molecule is CC1(C)C[N+](O)(CO)C(O)N1CO. The summed E-state index contributed by atoms with van der Waals surface area (Å²) < 4.78 is -0.854. The summed E-state index contributed by atoms with van der Waals surface area (Å²) in [6.07, 6.45) is -1.27. The average Bonchev–Trinajstić information content (AvgIpc) is 2.20. The Hall–Kier alpha value is -0.240. The van der Waals surface area contributed by atoms with E-state index in [1.54, 1.807) is 13.8 Å². The molecule has 6 heteroatoms. The molecule has 1 fully saturated rings. The summed E-state index contributed by atoms with van der Waals surface area (Å²) >= 11 is 0. The molecule has 4 N–H and O–H groups in total. The van der Waals surface area contributed by atoms with Crippen LogP contribution in [0.4, 0.5) is 0 Å². The van der Waals surface area contributed by atoms with Gasteiger partial charge in [0.2, 0.25) is 6.73 Å². The Balaban J connectivity index is 2.90. The number of hydroxylamine groups is 3. The minimum absolute atomic E-state index is 0.172. The van der Waals surface area contributed by atoms with E-state index in [1.807, 2.05) is 0 Å². The third kappa shape index (κ3) is 1.56. The summed E-state index contributed by atoms with van der Waals surface area (Å²) in [6.45, 7) is 2.80. The first-order chi connectivity index (χ1) is 5.87. The second-order valence-corrected chi connectivity index (χ2v) is 4.06. The van der Waals surface area contributed by atoms with Gasteiger partial charge in [0.25, 0.3) is 6.35 Å². The van der Waals surface area contributed by atoms with Crippen molar-refractivity contribution >= 4 is 0 Å². The molecule has 0 spiro atoms. The molecule has 1 heterocycles. The zero-order chi connectivity index (χ0) is 10.3. The van der Waals surface area contributed by atoms with Crippen molar-refractivity contribution in [3.63, 3.8) is 0 Å². The van der Waals surface area contributed by atoms with Crippen LogP contribution in [-0.2, 0) is 0 Å². The predicted octanol–water partition coefficient (Wildman–Crippen LogP) is -1.54. The normalized spacial score (nSPS) is 39.7. The number of hydrogen-bond donors (Lipinski definition) is 4. The van der Waals surface area contributed by atoms with Crippen LogP contribution in [0, 0.1) is 0 Å². The summed E-state index contributed by atoms with van der Waals surface area (Å²) in [5.41, 5.74) is -0.536. The van der Waals surface area contributed by atoms with E-state index < -0.39 is 23.3 Å². The van der Waals surface area contributed by atoms with Crippen molar-refractivity contribution in [3.8, 4) is 0 Å². The zero-order valence-electron chi connectivity index (χ0n) is 7.88. The molecule has 0 bridgehead atoms. The van der Waals surface area contributed by atoms with Crippen LogP contribution < -0.4 is 0 Å². The molecular weight excluding hydrogens is 176 g/mol. The monoisotopic (exact) mass is 193 g/mol. The van der Waals surface area contributed by atoms with Crippen LogP contribution in [0.5, 0.6) is 0 Å². The molecule has 1 aliphatic heterocycles.